The highest BCUT2D eigenvalue weighted by Crippen LogP contribution is 2.56. The van der Waals surface area contributed by atoms with E-state index < -0.39 is 5.41 Å². The fourth-order valence-corrected chi connectivity index (χ4v) is 11.8. The average Bonchev–Trinajstić information content (AvgIpc) is 3.96. The van der Waals surface area contributed by atoms with Crippen LogP contribution >= 0.6 is 0 Å². The topological polar surface area (TPSA) is 8.17 Å². The summed E-state index contributed by atoms with van der Waals surface area (Å²) in [5.74, 6) is 0. The standard InChI is InChI=1S/C69H46N2/c1-5-16-47(17-6-1)48-30-37-58(38-31-48)70(59-39-32-49(33-40-59)52-36-43-66-62(45-52)61-25-13-14-27-65(61)71(66)57-23-11-4-12-24-57)60-41-34-50(35-42-60)54-44-53-29-28-51-18-15-26-63-67(51)68(53)64(46-54)69(63,55-19-7-2-8-20-55)56-21-9-3-10-22-56/h1-46H. The van der Waals surface area contributed by atoms with Gasteiger partial charge in [0.15, 0.2) is 0 Å². The van der Waals surface area contributed by atoms with E-state index in [9.17, 15) is 0 Å². The van der Waals surface area contributed by atoms with Crippen LogP contribution in [0.1, 0.15) is 22.3 Å². The maximum atomic E-state index is 2.48. The van der Waals surface area contributed by atoms with Crippen molar-refractivity contribution in [1.82, 2.24) is 4.57 Å². The lowest BCUT2D eigenvalue weighted by Crippen LogP contribution is -2.28. The molecule has 1 aromatic heterocycles. The Hall–Kier alpha value is -9.24. The quantitative estimate of drug-likeness (QED) is 0.131. The van der Waals surface area contributed by atoms with Gasteiger partial charge >= 0.3 is 0 Å². The number of rotatable bonds is 9. The van der Waals surface area contributed by atoms with E-state index in [1.54, 1.807) is 0 Å². The van der Waals surface area contributed by atoms with Crippen molar-refractivity contribution in [1.29, 1.82) is 0 Å². The molecule has 1 aliphatic rings. The first-order valence-electron chi connectivity index (χ1n) is 24.6. The Kier molecular flexibility index (Phi) is 9.47. The number of aromatic nitrogens is 1. The van der Waals surface area contributed by atoms with Crippen molar-refractivity contribution in [2.24, 2.45) is 0 Å². The molecule has 0 bridgehead atoms. The van der Waals surface area contributed by atoms with E-state index in [2.05, 4.69) is 289 Å². The van der Waals surface area contributed by atoms with Gasteiger partial charge in [0, 0.05) is 33.5 Å². The molecule has 0 N–H and O–H groups in total. The molecule has 12 aromatic carbocycles. The van der Waals surface area contributed by atoms with Gasteiger partial charge in [-0.25, -0.2) is 0 Å². The molecule has 0 aliphatic heterocycles. The summed E-state index contributed by atoms with van der Waals surface area (Å²) in [6.45, 7) is 0. The Morgan fingerprint density at radius 1 is 0.282 bits per heavy atom. The summed E-state index contributed by atoms with van der Waals surface area (Å²) in [6, 6.07) is 103. The van der Waals surface area contributed by atoms with Crippen LogP contribution in [0.25, 0.3) is 82.4 Å². The Balaban J connectivity index is 0.873. The van der Waals surface area contributed by atoms with Gasteiger partial charge < -0.3 is 9.47 Å². The Morgan fingerprint density at radius 2 is 0.761 bits per heavy atom. The van der Waals surface area contributed by atoms with E-state index in [-0.39, 0.29) is 0 Å². The summed E-state index contributed by atoms with van der Waals surface area (Å²) >= 11 is 0. The van der Waals surface area contributed by atoms with Crippen LogP contribution in [0.5, 0.6) is 0 Å². The molecule has 13 aromatic rings. The summed E-state index contributed by atoms with van der Waals surface area (Å²) in [7, 11) is 0. The Labute approximate surface area is 413 Å². The van der Waals surface area contributed by atoms with Crippen LogP contribution in [0.2, 0.25) is 0 Å². The zero-order chi connectivity index (χ0) is 46.9. The van der Waals surface area contributed by atoms with E-state index in [1.165, 1.54) is 99.0 Å². The van der Waals surface area contributed by atoms with Crippen LogP contribution in [0.15, 0.2) is 279 Å². The molecule has 0 unspecified atom stereocenters. The van der Waals surface area contributed by atoms with Gasteiger partial charge in [-0.15, -0.1) is 0 Å². The van der Waals surface area contributed by atoms with Crippen LogP contribution in [-0.4, -0.2) is 4.57 Å². The number of hydrogen-bond donors (Lipinski definition) is 0. The minimum Gasteiger partial charge on any atom is -0.311 e. The van der Waals surface area contributed by atoms with Gasteiger partial charge in [0.1, 0.15) is 0 Å². The molecule has 0 amide bonds. The summed E-state index contributed by atoms with van der Waals surface area (Å²) in [6.07, 6.45) is 0. The number of benzene rings is 12. The van der Waals surface area contributed by atoms with Crippen molar-refractivity contribution in [3.05, 3.63) is 301 Å². The zero-order valence-corrected chi connectivity index (χ0v) is 39.0. The number of hydrogen-bond acceptors (Lipinski definition) is 1. The van der Waals surface area contributed by atoms with Crippen molar-refractivity contribution in [3.63, 3.8) is 0 Å². The molecule has 0 fully saturated rings. The SMILES string of the molecule is c1ccc(-c2ccc(N(c3ccc(-c4cc5c6c(ccc7cccc(c76)C5(c5ccccc5)c5ccccc5)c4)cc3)c3ccc(-c4ccc5c(c4)c4ccccc4n5-c4ccccc4)cc3)cc2)cc1. The second-order valence-electron chi connectivity index (χ2n) is 18.8. The molecule has 0 radical (unpaired) electrons. The molecule has 1 aliphatic carbocycles. The Bertz CT molecular complexity index is 4060. The highest BCUT2D eigenvalue weighted by molar-refractivity contribution is 6.17. The molecule has 1 heterocycles. The maximum absolute atomic E-state index is 2.48. The third-order valence-corrected chi connectivity index (χ3v) is 15.0. The normalized spacial score (nSPS) is 12.6. The van der Waals surface area contributed by atoms with Gasteiger partial charge in [-0.2, -0.15) is 0 Å². The second kappa shape index (κ2) is 16.5. The van der Waals surface area contributed by atoms with Crippen molar-refractivity contribution in [3.8, 4) is 39.1 Å². The lowest BCUT2D eigenvalue weighted by Gasteiger charge is -2.34. The third-order valence-electron chi connectivity index (χ3n) is 15.0. The van der Waals surface area contributed by atoms with Gasteiger partial charge in [0.25, 0.3) is 0 Å². The second-order valence-corrected chi connectivity index (χ2v) is 18.8. The van der Waals surface area contributed by atoms with E-state index in [4.69, 9.17) is 0 Å². The van der Waals surface area contributed by atoms with Gasteiger partial charge in [-0.05, 0) is 156 Å². The molecule has 2 heteroatoms. The molecule has 332 valence electrons. The Morgan fingerprint density at radius 3 is 1.39 bits per heavy atom. The minimum absolute atomic E-state index is 0.471. The minimum atomic E-state index is -0.471. The number of fused-ring (bicyclic) bond motifs is 3. The summed E-state index contributed by atoms with van der Waals surface area (Å²) in [5, 5.41) is 7.73. The molecule has 0 saturated heterocycles. The zero-order valence-electron chi connectivity index (χ0n) is 39.0. The molecule has 14 rings (SSSR count). The number of anilines is 3. The summed E-state index contributed by atoms with van der Waals surface area (Å²) < 4.78 is 2.37. The smallest absolute Gasteiger partial charge is 0.0714 e. The number of nitrogens with zero attached hydrogens (tertiary/aromatic N) is 2. The predicted octanol–water partition coefficient (Wildman–Crippen LogP) is 18.3. The van der Waals surface area contributed by atoms with E-state index in [1.807, 2.05) is 0 Å². The van der Waals surface area contributed by atoms with E-state index in [0.717, 1.165) is 22.7 Å². The maximum Gasteiger partial charge on any atom is 0.0714 e. The van der Waals surface area contributed by atoms with Gasteiger partial charge in [-0.1, -0.05) is 200 Å². The van der Waals surface area contributed by atoms with Crippen molar-refractivity contribution >= 4 is 60.4 Å². The third kappa shape index (κ3) is 6.49. The van der Waals surface area contributed by atoms with Crippen LogP contribution in [0, 0.1) is 0 Å². The molecule has 0 saturated carbocycles. The fourth-order valence-electron chi connectivity index (χ4n) is 11.8. The van der Waals surface area contributed by atoms with Crippen molar-refractivity contribution < 1.29 is 0 Å². The van der Waals surface area contributed by atoms with Gasteiger partial charge in [0.05, 0.1) is 16.4 Å². The predicted molar refractivity (Wildman–Crippen MR) is 299 cm³/mol. The molecule has 71 heavy (non-hydrogen) atoms. The first-order valence-corrected chi connectivity index (χ1v) is 24.6. The first kappa shape index (κ1) is 40.8. The van der Waals surface area contributed by atoms with E-state index in [0.29, 0.717) is 0 Å². The highest BCUT2D eigenvalue weighted by Gasteiger charge is 2.45. The van der Waals surface area contributed by atoms with Crippen LogP contribution in [-0.2, 0) is 5.41 Å². The van der Waals surface area contributed by atoms with Crippen molar-refractivity contribution in [2.75, 3.05) is 4.90 Å². The molecule has 2 nitrogen and oxygen atoms in total. The van der Waals surface area contributed by atoms with Crippen LogP contribution in [0.4, 0.5) is 17.1 Å². The summed E-state index contributed by atoms with van der Waals surface area (Å²) in [5.41, 5.74) is 18.7. The summed E-state index contributed by atoms with van der Waals surface area (Å²) in [4.78, 5) is 2.38. The van der Waals surface area contributed by atoms with Gasteiger partial charge in [-0.3, -0.25) is 0 Å². The lowest BCUT2D eigenvalue weighted by molar-refractivity contribution is 0.771. The molecule has 0 spiro atoms. The van der Waals surface area contributed by atoms with Crippen LogP contribution < -0.4 is 4.90 Å². The first-order chi connectivity index (χ1) is 35.2. The fraction of sp³-hybridized carbons (Fsp3) is 0.0145. The van der Waals surface area contributed by atoms with E-state index >= 15 is 0 Å². The van der Waals surface area contributed by atoms with Crippen molar-refractivity contribution in [2.45, 2.75) is 5.41 Å². The highest BCUT2D eigenvalue weighted by atomic mass is 15.1. The van der Waals surface area contributed by atoms with Crippen LogP contribution in [0.3, 0.4) is 0 Å². The molecule has 0 atom stereocenters. The van der Waals surface area contributed by atoms with Gasteiger partial charge in [0.2, 0.25) is 0 Å². The molecular formula is C69H46N2. The molecular weight excluding hydrogens is 857 g/mol. The largest absolute Gasteiger partial charge is 0.311 e. The average molecular weight is 903 g/mol. The monoisotopic (exact) mass is 902 g/mol. The number of para-hydroxylation sites is 2. The lowest BCUT2D eigenvalue weighted by atomic mass is 9.67.